The zero-order valence-corrected chi connectivity index (χ0v) is 18.1. The molecule has 3 aromatic carbocycles. The summed E-state index contributed by atoms with van der Waals surface area (Å²) in [6.07, 6.45) is 0.696. The number of benzene rings is 3. The van der Waals surface area contributed by atoms with E-state index in [9.17, 15) is 8.42 Å². The Morgan fingerprint density at radius 3 is 2.37 bits per heavy atom. The first-order valence-electron chi connectivity index (χ1n) is 9.74. The van der Waals surface area contributed by atoms with Gasteiger partial charge in [-0.2, -0.15) is 4.31 Å². The molecule has 4 rings (SSSR count). The second kappa shape index (κ2) is 8.68. The van der Waals surface area contributed by atoms with Gasteiger partial charge in [0.15, 0.2) is 0 Å². The van der Waals surface area contributed by atoms with Gasteiger partial charge < -0.3 is 9.47 Å². The zero-order chi connectivity index (χ0) is 21.1. The van der Waals surface area contributed by atoms with Crippen molar-refractivity contribution >= 4 is 21.6 Å². The van der Waals surface area contributed by atoms with Crippen molar-refractivity contribution in [3.8, 4) is 17.2 Å². The highest BCUT2D eigenvalue weighted by atomic mass is 35.5. The third-order valence-corrected chi connectivity index (χ3v) is 7.14. The molecule has 0 saturated carbocycles. The Morgan fingerprint density at radius 2 is 1.67 bits per heavy atom. The lowest BCUT2D eigenvalue weighted by Gasteiger charge is -2.28. The molecule has 1 aliphatic rings. The molecule has 0 bridgehead atoms. The third kappa shape index (κ3) is 4.31. The van der Waals surface area contributed by atoms with Crippen LogP contribution in [0.4, 0.5) is 0 Å². The summed E-state index contributed by atoms with van der Waals surface area (Å²) < 4.78 is 39.0. The molecule has 0 spiro atoms. The van der Waals surface area contributed by atoms with Crippen LogP contribution in [0.3, 0.4) is 0 Å². The van der Waals surface area contributed by atoms with Crippen LogP contribution in [0.25, 0.3) is 0 Å². The predicted molar refractivity (Wildman–Crippen MR) is 117 cm³/mol. The zero-order valence-electron chi connectivity index (χ0n) is 16.5. The first-order valence-corrected chi connectivity index (χ1v) is 11.6. The van der Waals surface area contributed by atoms with Crippen LogP contribution < -0.4 is 9.47 Å². The second-order valence-corrected chi connectivity index (χ2v) is 9.30. The van der Waals surface area contributed by atoms with E-state index in [1.54, 1.807) is 30.3 Å². The van der Waals surface area contributed by atoms with E-state index in [1.807, 2.05) is 31.2 Å². The molecule has 1 heterocycles. The molecule has 0 radical (unpaired) electrons. The van der Waals surface area contributed by atoms with Crippen molar-refractivity contribution in [3.05, 3.63) is 82.9 Å². The number of fused-ring (bicyclic) bond motifs is 1. The average Bonchev–Trinajstić information content (AvgIpc) is 2.76. The summed E-state index contributed by atoms with van der Waals surface area (Å²) in [7, 11) is -3.65. The number of halogens is 1. The molecule has 0 atom stereocenters. The molecule has 5 nitrogen and oxygen atoms in total. The first kappa shape index (κ1) is 20.7. The maximum atomic E-state index is 13.1. The van der Waals surface area contributed by atoms with Gasteiger partial charge >= 0.3 is 0 Å². The fourth-order valence-electron chi connectivity index (χ4n) is 3.45. The Hall–Kier alpha value is -2.54. The van der Waals surface area contributed by atoms with Gasteiger partial charge in [-0.25, -0.2) is 8.42 Å². The fourth-order valence-corrected chi connectivity index (χ4v) is 5.18. The molecule has 0 aliphatic carbocycles. The number of hydrogen-bond donors (Lipinski definition) is 0. The van der Waals surface area contributed by atoms with E-state index in [0.29, 0.717) is 37.6 Å². The summed E-state index contributed by atoms with van der Waals surface area (Å²) >= 11 is 6.35. The van der Waals surface area contributed by atoms with Gasteiger partial charge in [-0.15, -0.1) is 0 Å². The van der Waals surface area contributed by atoms with Crippen LogP contribution in [-0.4, -0.2) is 25.9 Å². The Balaban J connectivity index is 1.52. The minimum absolute atomic E-state index is 0.158. The fraction of sp³-hybridized carbons (Fsp3) is 0.217. The summed E-state index contributed by atoms with van der Waals surface area (Å²) in [5.41, 5.74) is 2.23. The van der Waals surface area contributed by atoms with E-state index < -0.39 is 10.0 Å². The second-order valence-electron chi connectivity index (χ2n) is 6.96. The summed E-state index contributed by atoms with van der Waals surface area (Å²) in [4.78, 5) is 0.158. The Morgan fingerprint density at radius 1 is 0.967 bits per heavy atom. The molecule has 3 aromatic rings. The van der Waals surface area contributed by atoms with Crippen molar-refractivity contribution in [1.29, 1.82) is 0 Å². The molecular formula is C23H22ClNO4S. The van der Waals surface area contributed by atoms with Gasteiger partial charge in [-0.1, -0.05) is 35.9 Å². The van der Waals surface area contributed by atoms with Crippen molar-refractivity contribution in [2.75, 3.05) is 13.2 Å². The normalized spacial score (nSPS) is 14.2. The largest absolute Gasteiger partial charge is 0.494 e. The summed E-state index contributed by atoms with van der Waals surface area (Å²) in [5.74, 6) is 1.73. The molecular weight excluding hydrogens is 422 g/mol. The predicted octanol–water partition coefficient (Wildman–Crippen LogP) is 5.28. The smallest absolute Gasteiger partial charge is 0.243 e. The Kier molecular flexibility index (Phi) is 5.99. The van der Waals surface area contributed by atoms with Crippen molar-refractivity contribution in [3.63, 3.8) is 0 Å². The lowest BCUT2D eigenvalue weighted by molar-refractivity contribution is 0.339. The molecule has 7 heteroatoms. The topological polar surface area (TPSA) is 55.8 Å². The molecule has 30 heavy (non-hydrogen) atoms. The molecule has 0 N–H and O–H groups in total. The van der Waals surface area contributed by atoms with Crippen molar-refractivity contribution in [2.24, 2.45) is 0 Å². The van der Waals surface area contributed by atoms with E-state index >= 15 is 0 Å². The van der Waals surface area contributed by atoms with Crippen LogP contribution in [0.2, 0.25) is 5.02 Å². The van der Waals surface area contributed by atoms with Gasteiger partial charge in [0.05, 0.1) is 16.5 Å². The van der Waals surface area contributed by atoms with Crippen molar-refractivity contribution in [1.82, 2.24) is 4.31 Å². The summed E-state index contributed by atoms with van der Waals surface area (Å²) in [6.45, 7) is 3.31. The van der Waals surface area contributed by atoms with E-state index in [4.69, 9.17) is 21.1 Å². The maximum absolute atomic E-state index is 13.1. The minimum Gasteiger partial charge on any atom is -0.494 e. The highest BCUT2D eigenvalue weighted by Crippen LogP contribution is 2.34. The molecule has 0 aromatic heterocycles. The SMILES string of the molecule is CCOc1ccc(Oc2ccc(S(=O)(=O)N3CCc4ccccc4C3)cc2Cl)cc1. The lowest BCUT2D eigenvalue weighted by atomic mass is 10.0. The van der Waals surface area contributed by atoms with Gasteiger partial charge in [0.1, 0.15) is 17.2 Å². The van der Waals surface area contributed by atoms with E-state index in [0.717, 1.165) is 11.3 Å². The van der Waals surface area contributed by atoms with E-state index in [1.165, 1.54) is 22.0 Å². The maximum Gasteiger partial charge on any atom is 0.243 e. The minimum atomic E-state index is -3.65. The van der Waals surface area contributed by atoms with Gasteiger partial charge in [0.25, 0.3) is 0 Å². The van der Waals surface area contributed by atoms with Gasteiger partial charge in [-0.3, -0.25) is 0 Å². The van der Waals surface area contributed by atoms with Crippen LogP contribution in [0.1, 0.15) is 18.1 Å². The summed E-state index contributed by atoms with van der Waals surface area (Å²) in [5, 5.41) is 0.238. The average molecular weight is 444 g/mol. The van der Waals surface area contributed by atoms with Crippen molar-refractivity contribution < 1.29 is 17.9 Å². The first-order chi connectivity index (χ1) is 14.5. The molecule has 0 saturated heterocycles. The van der Waals surface area contributed by atoms with Crippen LogP contribution in [0.15, 0.2) is 71.6 Å². The van der Waals surface area contributed by atoms with E-state index in [-0.39, 0.29) is 9.92 Å². The number of ether oxygens (including phenoxy) is 2. The van der Waals surface area contributed by atoms with Gasteiger partial charge in [0, 0.05) is 13.1 Å². The number of sulfonamides is 1. The van der Waals surface area contributed by atoms with E-state index in [2.05, 4.69) is 0 Å². The Bertz CT molecular complexity index is 1150. The van der Waals surface area contributed by atoms with Crippen LogP contribution >= 0.6 is 11.6 Å². The number of hydrogen-bond acceptors (Lipinski definition) is 4. The van der Waals surface area contributed by atoms with Crippen LogP contribution in [-0.2, 0) is 23.0 Å². The van der Waals surface area contributed by atoms with Crippen LogP contribution in [0, 0.1) is 0 Å². The van der Waals surface area contributed by atoms with Gasteiger partial charge in [0.2, 0.25) is 10.0 Å². The number of nitrogens with zero attached hydrogens (tertiary/aromatic N) is 1. The summed E-state index contributed by atoms with van der Waals surface area (Å²) in [6, 6.07) is 19.6. The highest BCUT2D eigenvalue weighted by Gasteiger charge is 2.28. The third-order valence-electron chi connectivity index (χ3n) is 5.00. The molecule has 1 aliphatic heterocycles. The number of rotatable bonds is 6. The monoisotopic (exact) mass is 443 g/mol. The van der Waals surface area contributed by atoms with Crippen LogP contribution in [0.5, 0.6) is 17.2 Å². The highest BCUT2D eigenvalue weighted by molar-refractivity contribution is 7.89. The standard InChI is InChI=1S/C23H22ClNO4S/c1-2-28-19-7-9-20(10-8-19)29-23-12-11-21(15-22(23)24)30(26,27)25-14-13-17-5-3-4-6-18(17)16-25/h3-12,15H,2,13-14,16H2,1H3. The van der Waals surface area contributed by atoms with Gasteiger partial charge in [-0.05, 0) is 66.9 Å². The Labute approximate surface area is 181 Å². The quantitative estimate of drug-likeness (QED) is 0.520. The molecule has 0 unspecified atom stereocenters. The molecule has 0 fully saturated rings. The van der Waals surface area contributed by atoms with Crippen molar-refractivity contribution in [2.45, 2.75) is 24.8 Å². The lowest BCUT2D eigenvalue weighted by Crippen LogP contribution is -2.35. The molecule has 156 valence electrons. The molecule has 0 amide bonds.